The summed E-state index contributed by atoms with van der Waals surface area (Å²) < 4.78 is 45.8. The van der Waals surface area contributed by atoms with E-state index < -0.39 is 25.2 Å². The second kappa shape index (κ2) is 6.31. The molecule has 0 atom stereocenters. The zero-order chi connectivity index (χ0) is 14.5. The van der Waals surface area contributed by atoms with Crippen LogP contribution < -0.4 is 10.5 Å². The number of ether oxygens (including phenoxy) is 2. The van der Waals surface area contributed by atoms with E-state index in [2.05, 4.69) is 0 Å². The molecule has 1 aromatic rings. The Bertz CT molecular complexity index is 446. The van der Waals surface area contributed by atoms with Gasteiger partial charge in [-0.1, -0.05) is 0 Å². The van der Waals surface area contributed by atoms with Crippen molar-refractivity contribution in [2.45, 2.75) is 19.5 Å². The Labute approximate surface area is 108 Å². The van der Waals surface area contributed by atoms with Crippen LogP contribution in [0.4, 0.5) is 18.9 Å². The number of halogens is 3. The van der Waals surface area contributed by atoms with Gasteiger partial charge in [-0.3, -0.25) is 0 Å². The van der Waals surface area contributed by atoms with E-state index in [4.69, 9.17) is 15.2 Å². The Morgan fingerprint density at radius 2 is 2.05 bits per heavy atom. The highest BCUT2D eigenvalue weighted by molar-refractivity contribution is 5.93. The second-order valence-electron chi connectivity index (χ2n) is 3.69. The number of rotatable bonds is 5. The quantitative estimate of drug-likeness (QED) is 0.664. The smallest absolute Gasteiger partial charge is 0.392 e. The summed E-state index contributed by atoms with van der Waals surface area (Å²) in [6.45, 7) is 1.20. The topological polar surface area (TPSA) is 61.5 Å². The standard InChI is InChI=1S/C12H14F3NO3/c1-2-18-11(17)9-4-3-8(16)7-10(9)19-6-5-12(13,14)15/h3-4,7H,2,5-6,16H2,1H3. The van der Waals surface area contributed by atoms with E-state index in [9.17, 15) is 18.0 Å². The highest BCUT2D eigenvalue weighted by atomic mass is 19.4. The van der Waals surface area contributed by atoms with E-state index in [-0.39, 0.29) is 23.6 Å². The van der Waals surface area contributed by atoms with Crippen molar-refractivity contribution in [1.29, 1.82) is 0 Å². The summed E-state index contributed by atoms with van der Waals surface area (Å²) in [5, 5.41) is 0. The fourth-order valence-electron chi connectivity index (χ4n) is 1.31. The number of esters is 1. The molecule has 0 radical (unpaired) electrons. The van der Waals surface area contributed by atoms with Gasteiger partial charge in [-0.25, -0.2) is 4.79 Å². The van der Waals surface area contributed by atoms with Crippen molar-refractivity contribution < 1.29 is 27.4 Å². The molecule has 2 N–H and O–H groups in total. The number of carbonyl (C=O) groups excluding carboxylic acids is 1. The Hall–Kier alpha value is -1.92. The van der Waals surface area contributed by atoms with Crippen molar-refractivity contribution in [3.63, 3.8) is 0 Å². The van der Waals surface area contributed by atoms with Crippen LogP contribution in [0, 0.1) is 0 Å². The molecule has 19 heavy (non-hydrogen) atoms. The van der Waals surface area contributed by atoms with Crippen molar-refractivity contribution in [1.82, 2.24) is 0 Å². The first-order valence-electron chi connectivity index (χ1n) is 5.59. The number of nitrogen functional groups attached to an aromatic ring is 1. The Morgan fingerprint density at radius 1 is 1.37 bits per heavy atom. The number of nitrogens with two attached hydrogens (primary N) is 1. The van der Waals surface area contributed by atoms with E-state index in [1.807, 2.05) is 0 Å². The van der Waals surface area contributed by atoms with Crippen LogP contribution in [0.15, 0.2) is 18.2 Å². The summed E-state index contributed by atoms with van der Waals surface area (Å²) in [6, 6.07) is 4.10. The molecule has 0 fully saturated rings. The maximum absolute atomic E-state index is 12.0. The first-order valence-corrected chi connectivity index (χ1v) is 5.59. The van der Waals surface area contributed by atoms with Gasteiger partial charge in [0.05, 0.1) is 19.6 Å². The van der Waals surface area contributed by atoms with Crippen LogP contribution in [0.5, 0.6) is 5.75 Å². The van der Waals surface area contributed by atoms with Gasteiger partial charge in [0.25, 0.3) is 0 Å². The lowest BCUT2D eigenvalue weighted by Gasteiger charge is -2.12. The molecule has 0 aliphatic carbocycles. The largest absolute Gasteiger partial charge is 0.492 e. The zero-order valence-corrected chi connectivity index (χ0v) is 10.3. The van der Waals surface area contributed by atoms with E-state index >= 15 is 0 Å². The van der Waals surface area contributed by atoms with Crippen LogP contribution in [-0.4, -0.2) is 25.4 Å². The molecule has 0 saturated carbocycles. The number of hydrogen-bond acceptors (Lipinski definition) is 4. The third-order valence-corrected chi connectivity index (χ3v) is 2.14. The summed E-state index contributed by atoms with van der Waals surface area (Å²) in [5.41, 5.74) is 5.85. The normalized spacial score (nSPS) is 11.2. The lowest BCUT2D eigenvalue weighted by Crippen LogP contribution is -2.15. The molecule has 7 heteroatoms. The molecule has 4 nitrogen and oxygen atoms in total. The molecule has 0 heterocycles. The molecule has 106 valence electrons. The third-order valence-electron chi connectivity index (χ3n) is 2.14. The molecular formula is C12H14F3NO3. The maximum atomic E-state index is 12.0. The van der Waals surface area contributed by atoms with Gasteiger partial charge in [0.1, 0.15) is 11.3 Å². The number of hydrogen-bond donors (Lipinski definition) is 1. The van der Waals surface area contributed by atoms with Gasteiger partial charge in [0, 0.05) is 11.8 Å². The van der Waals surface area contributed by atoms with Crippen molar-refractivity contribution in [3.05, 3.63) is 23.8 Å². The number of carbonyl (C=O) groups is 1. The molecule has 0 amide bonds. The summed E-state index contributed by atoms with van der Waals surface area (Å²) in [4.78, 5) is 11.6. The predicted octanol–water partition coefficient (Wildman–Crippen LogP) is 2.78. The summed E-state index contributed by atoms with van der Waals surface area (Å²) in [7, 11) is 0. The first-order chi connectivity index (χ1) is 8.83. The average molecular weight is 277 g/mol. The van der Waals surface area contributed by atoms with Gasteiger partial charge < -0.3 is 15.2 Å². The van der Waals surface area contributed by atoms with E-state index in [1.165, 1.54) is 18.2 Å². The summed E-state index contributed by atoms with van der Waals surface area (Å²) >= 11 is 0. The van der Waals surface area contributed by atoms with Gasteiger partial charge in [0.2, 0.25) is 0 Å². The van der Waals surface area contributed by atoms with E-state index in [0.717, 1.165) is 0 Å². The lowest BCUT2D eigenvalue weighted by molar-refractivity contribution is -0.139. The third kappa shape index (κ3) is 5.07. The minimum absolute atomic E-state index is 0.0114. The minimum atomic E-state index is -4.32. The van der Waals surface area contributed by atoms with Gasteiger partial charge in [-0.15, -0.1) is 0 Å². The molecule has 0 unspecified atom stereocenters. The highest BCUT2D eigenvalue weighted by Gasteiger charge is 2.27. The second-order valence-corrected chi connectivity index (χ2v) is 3.69. The molecule has 0 aliphatic heterocycles. The summed E-state index contributed by atoms with van der Waals surface area (Å²) in [5.74, 6) is -0.674. The van der Waals surface area contributed by atoms with Gasteiger partial charge in [0.15, 0.2) is 0 Å². The van der Waals surface area contributed by atoms with Gasteiger partial charge in [-0.2, -0.15) is 13.2 Å². The van der Waals surface area contributed by atoms with Gasteiger partial charge >= 0.3 is 12.1 Å². The van der Waals surface area contributed by atoms with Crippen molar-refractivity contribution >= 4 is 11.7 Å². The first kappa shape index (κ1) is 15.1. The Morgan fingerprint density at radius 3 is 2.63 bits per heavy atom. The molecule has 1 rings (SSSR count). The fourth-order valence-corrected chi connectivity index (χ4v) is 1.31. The Kier molecular flexibility index (Phi) is 5.02. The van der Waals surface area contributed by atoms with Crippen LogP contribution in [0.25, 0.3) is 0 Å². The average Bonchev–Trinajstić information content (AvgIpc) is 2.27. The molecule has 0 spiro atoms. The van der Waals surface area contributed by atoms with Gasteiger partial charge in [-0.05, 0) is 19.1 Å². The molecule has 1 aromatic carbocycles. The minimum Gasteiger partial charge on any atom is -0.492 e. The van der Waals surface area contributed by atoms with Crippen LogP contribution in [-0.2, 0) is 4.74 Å². The molecule has 0 aromatic heterocycles. The lowest BCUT2D eigenvalue weighted by atomic mass is 10.2. The number of alkyl halides is 3. The van der Waals surface area contributed by atoms with Crippen LogP contribution in [0.3, 0.4) is 0 Å². The van der Waals surface area contributed by atoms with Crippen molar-refractivity contribution in [2.24, 2.45) is 0 Å². The zero-order valence-electron chi connectivity index (χ0n) is 10.3. The highest BCUT2D eigenvalue weighted by Crippen LogP contribution is 2.25. The fraction of sp³-hybridized carbons (Fsp3) is 0.417. The van der Waals surface area contributed by atoms with Crippen LogP contribution in [0.2, 0.25) is 0 Å². The van der Waals surface area contributed by atoms with E-state index in [1.54, 1.807) is 6.92 Å². The number of anilines is 1. The SMILES string of the molecule is CCOC(=O)c1ccc(N)cc1OCCC(F)(F)F. The Balaban J connectivity index is 2.80. The van der Waals surface area contributed by atoms with Crippen molar-refractivity contribution in [2.75, 3.05) is 18.9 Å². The monoisotopic (exact) mass is 277 g/mol. The molecular weight excluding hydrogens is 263 g/mol. The summed E-state index contributed by atoms with van der Waals surface area (Å²) in [6.07, 6.45) is -5.42. The van der Waals surface area contributed by atoms with Crippen LogP contribution >= 0.6 is 0 Å². The van der Waals surface area contributed by atoms with Crippen LogP contribution in [0.1, 0.15) is 23.7 Å². The van der Waals surface area contributed by atoms with E-state index in [0.29, 0.717) is 0 Å². The predicted molar refractivity (Wildman–Crippen MR) is 63.0 cm³/mol. The molecule has 0 saturated heterocycles. The maximum Gasteiger partial charge on any atom is 0.392 e. The van der Waals surface area contributed by atoms with Crippen molar-refractivity contribution in [3.8, 4) is 5.75 Å². The number of benzene rings is 1. The molecule has 0 bridgehead atoms. The molecule has 0 aliphatic rings.